The third kappa shape index (κ3) is 8.11. The van der Waals surface area contributed by atoms with Gasteiger partial charge in [0.15, 0.2) is 0 Å². The molecule has 1 aliphatic rings. The van der Waals surface area contributed by atoms with Crippen molar-refractivity contribution in [3.05, 3.63) is 36.0 Å². The molecule has 0 bridgehead atoms. The minimum Gasteiger partial charge on any atom is -0.473 e. The topological polar surface area (TPSA) is 97.5 Å². The lowest BCUT2D eigenvalue weighted by molar-refractivity contribution is -0.124. The van der Waals surface area contributed by atoms with Gasteiger partial charge < -0.3 is 15.8 Å². The van der Waals surface area contributed by atoms with Crippen LogP contribution in [-0.2, 0) is 16.1 Å². The first-order chi connectivity index (χ1) is 12.6. The van der Waals surface area contributed by atoms with Gasteiger partial charge in [0.05, 0.1) is 0 Å². The molecule has 0 aliphatic carbocycles. The van der Waals surface area contributed by atoms with Crippen LogP contribution < -0.4 is 15.8 Å². The lowest BCUT2D eigenvalue weighted by atomic mass is 10.1. The molecule has 1 fully saturated rings. The predicted molar refractivity (Wildman–Crippen MR) is 99.4 cm³/mol. The molecule has 2 amide bonds. The number of nitrogens with two attached hydrogens (primary N) is 1. The van der Waals surface area contributed by atoms with Crippen molar-refractivity contribution in [3.63, 3.8) is 0 Å². The van der Waals surface area contributed by atoms with Crippen molar-refractivity contribution in [2.45, 2.75) is 38.6 Å². The van der Waals surface area contributed by atoms with Crippen molar-refractivity contribution in [2.24, 2.45) is 5.73 Å². The Bertz CT molecular complexity index is 613. The number of ether oxygens (including phenoxy) is 1. The maximum atomic E-state index is 11.4. The zero-order chi connectivity index (χ0) is 18.6. The van der Waals surface area contributed by atoms with Gasteiger partial charge in [-0.1, -0.05) is 12.5 Å². The molecule has 7 heteroatoms. The third-order valence-corrected chi connectivity index (χ3v) is 4.16. The van der Waals surface area contributed by atoms with Crippen LogP contribution in [0.1, 0.15) is 37.7 Å². The first kappa shape index (κ1) is 19.9. The fraction of sp³-hybridized carbons (Fsp3) is 0.526. The summed E-state index contributed by atoms with van der Waals surface area (Å²) in [6.45, 7) is 4.03. The Morgan fingerprint density at radius 1 is 1.23 bits per heavy atom. The Hall–Kier alpha value is -2.41. The van der Waals surface area contributed by atoms with Gasteiger partial charge in [-0.25, -0.2) is 4.98 Å². The lowest BCUT2D eigenvalue weighted by Gasteiger charge is -2.26. The molecule has 0 radical (unpaired) electrons. The SMILES string of the molecule is NC(=O)CCC(=O)NC/C=C\COc1cc(CN2CCCCC2)ccn1. The fourth-order valence-electron chi connectivity index (χ4n) is 2.79. The summed E-state index contributed by atoms with van der Waals surface area (Å²) in [5.41, 5.74) is 6.21. The van der Waals surface area contributed by atoms with Gasteiger partial charge in [0.2, 0.25) is 17.7 Å². The number of carbonyl (C=O) groups is 2. The van der Waals surface area contributed by atoms with Crippen LogP contribution in [0.4, 0.5) is 0 Å². The highest BCUT2D eigenvalue weighted by Crippen LogP contribution is 2.15. The molecule has 1 aromatic rings. The quantitative estimate of drug-likeness (QED) is 0.615. The van der Waals surface area contributed by atoms with Crippen LogP contribution in [0.3, 0.4) is 0 Å². The number of primary amides is 1. The van der Waals surface area contributed by atoms with E-state index in [1.54, 1.807) is 12.3 Å². The zero-order valence-corrected chi connectivity index (χ0v) is 15.2. The summed E-state index contributed by atoms with van der Waals surface area (Å²) in [6, 6.07) is 4.01. The van der Waals surface area contributed by atoms with E-state index in [1.165, 1.54) is 24.8 Å². The smallest absolute Gasteiger partial charge is 0.220 e. The van der Waals surface area contributed by atoms with Crippen LogP contribution in [0.2, 0.25) is 0 Å². The van der Waals surface area contributed by atoms with Crippen molar-refractivity contribution in [1.29, 1.82) is 0 Å². The van der Waals surface area contributed by atoms with Crippen LogP contribution in [0.15, 0.2) is 30.5 Å². The summed E-state index contributed by atoms with van der Waals surface area (Å²) in [5, 5.41) is 2.68. The summed E-state index contributed by atoms with van der Waals surface area (Å²) < 4.78 is 5.63. The van der Waals surface area contributed by atoms with Crippen LogP contribution in [0.25, 0.3) is 0 Å². The number of rotatable bonds is 10. The monoisotopic (exact) mass is 360 g/mol. The second-order valence-electron chi connectivity index (χ2n) is 6.39. The number of likely N-dealkylation sites (tertiary alicyclic amines) is 1. The van der Waals surface area contributed by atoms with Gasteiger partial charge in [0, 0.05) is 38.2 Å². The fourth-order valence-corrected chi connectivity index (χ4v) is 2.79. The van der Waals surface area contributed by atoms with Gasteiger partial charge in [-0.15, -0.1) is 0 Å². The summed E-state index contributed by atoms with van der Waals surface area (Å²) >= 11 is 0. The maximum Gasteiger partial charge on any atom is 0.220 e. The number of nitrogens with zero attached hydrogens (tertiary/aromatic N) is 2. The van der Waals surface area contributed by atoms with E-state index in [0.29, 0.717) is 19.0 Å². The molecule has 26 heavy (non-hydrogen) atoms. The molecule has 2 rings (SSSR count). The van der Waals surface area contributed by atoms with Crippen molar-refractivity contribution < 1.29 is 14.3 Å². The number of aromatic nitrogens is 1. The second kappa shape index (κ2) is 11.3. The standard InChI is InChI=1S/C19H28N4O3/c20-17(24)6-7-18(25)21-9-2-5-13-26-19-14-16(8-10-22-19)15-23-11-3-1-4-12-23/h2,5,8,10,14H,1,3-4,6-7,9,11-13,15H2,(H2,20,24)(H,21,25)/b5-2-. The third-order valence-electron chi connectivity index (χ3n) is 4.16. The van der Waals surface area contributed by atoms with E-state index in [2.05, 4.69) is 15.2 Å². The summed E-state index contributed by atoms with van der Waals surface area (Å²) in [5.74, 6) is -0.0600. The van der Waals surface area contributed by atoms with Crippen molar-refractivity contribution >= 4 is 11.8 Å². The predicted octanol–water partition coefficient (Wildman–Crippen LogP) is 1.38. The van der Waals surface area contributed by atoms with E-state index in [1.807, 2.05) is 18.2 Å². The number of carbonyl (C=O) groups excluding carboxylic acids is 2. The number of pyridine rings is 1. The molecule has 142 valence electrons. The summed E-state index contributed by atoms with van der Waals surface area (Å²) in [6.07, 6.45) is 9.48. The molecule has 3 N–H and O–H groups in total. The van der Waals surface area contributed by atoms with Crippen LogP contribution in [0, 0.1) is 0 Å². The van der Waals surface area contributed by atoms with Gasteiger partial charge >= 0.3 is 0 Å². The Morgan fingerprint density at radius 3 is 2.81 bits per heavy atom. The van der Waals surface area contributed by atoms with Crippen LogP contribution in [0.5, 0.6) is 5.88 Å². The van der Waals surface area contributed by atoms with E-state index in [9.17, 15) is 9.59 Å². The molecular formula is C19H28N4O3. The van der Waals surface area contributed by atoms with E-state index >= 15 is 0 Å². The average molecular weight is 360 g/mol. The molecule has 0 atom stereocenters. The lowest BCUT2D eigenvalue weighted by Crippen LogP contribution is -2.29. The summed E-state index contributed by atoms with van der Waals surface area (Å²) in [4.78, 5) is 28.7. The minimum absolute atomic E-state index is 0.0676. The van der Waals surface area contributed by atoms with Gasteiger partial charge in [0.25, 0.3) is 0 Å². The van der Waals surface area contributed by atoms with Gasteiger partial charge in [-0.2, -0.15) is 0 Å². The number of amides is 2. The molecule has 2 heterocycles. The first-order valence-corrected chi connectivity index (χ1v) is 9.13. The van der Waals surface area contributed by atoms with Crippen LogP contribution in [-0.4, -0.2) is 47.9 Å². The van der Waals surface area contributed by atoms with E-state index in [-0.39, 0.29) is 18.7 Å². The van der Waals surface area contributed by atoms with Crippen molar-refractivity contribution in [1.82, 2.24) is 15.2 Å². The van der Waals surface area contributed by atoms with E-state index in [4.69, 9.17) is 10.5 Å². The number of nitrogens with one attached hydrogen (secondary N) is 1. The molecular weight excluding hydrogens is 332 g/mol. The number of hydrogen-bond acceptors (Lipinski definition) is 5. The Kier molecular flexibility index (Phi) is 8.62. The molecule has 1 saturated heterocycles. The minimum atomic E-state index is -0.473. The molecule has 0 unspecified atom stereocenters. The highest BCUT2D eigenvalue weighted by molar-refractivity contribution is 5.82. The zero-order valence-electron chi connectivity index (χ0n) is 15.2. The van der Waals surface area contributed by atoms with Gasteiger partial charge in [0.1, 0.15) is 6.61 Å². The highest BCUT2D eigenvalue weighted by atomic mass is 16.5. The molecule has 0 spiro atoms. The van der Waals surface area contributed by atoms with Crippen molar-refractivity contribution in [3.8, 4) is 5.88 Å². The highest BCUT2D eigenvalue weighted by Gasteiger charge is 2.10. The van der Waals surface area contributed by atoms with E-state index in [0.717, 1.165) is 19.6 Å². The number of piperidine rings is 1. The largest absolute Gasteiger partial charge is 0.473 e. The normalized spacial score (nSPS) is 15.1. The molecule has 0 saturated carbocycles. The Balaban J connectivity index is 1.65. The van der Waals surface area contributed by atoms with Gasteiger partial charge in [-0.3, -0.25) is 14.5 Å². The van der Waals surface area contributed by atoms with E-state index < -0.39 is 5.91 Å². The van der Waals surface area contributed by atoms with Crippen LogP contribution >= 0.6 is 0 Å². The molecule has 1 aromatic heterocycles. The molecule has 7 nitrogen and oxygen atoms in total. The molecule has 0 aromatic carbocycles. The first-order valence-electron chi connectivity index (χ1n) is 9.13. The van der Waals surface area contributed by atoms with Crippen molar-refractivity contribution in [2.75, 3.05) is 26.2 Å². The molecule has 1 aliphatic heterocycles. The summed E-state index contributed by atoms with van der Waals surface area (Å²) in [7, 11) is 0. The Labute approximate surface area is 154 Å². The number of hydrogen-bond donors (Lipinski definition) is 2. The Morgan fingerprint density at radius 2 is 2.04 bits per heavy atom. The van der Waals surface area contributed by atoms with Gasteiger partial charge in [-0.05, 0) is 43.6 Å². The average Bonchev–Trinajstić information content (AvgIpc) is 2.64. The second-order valence-corrected chi connectivity index (χ2v) is 6.39. The maximum absolute atomic E-state index is 11.4.